The van der Waals surface area contributed by atoms with Crippen molar-refractivity contribution in [2.24, 2.45) is 0 Å². The Bertz CT molecular complexity index is 422. The Morgan fingerprint density at radius 2 is 2.20 bits per heavy atom. The summed E-state index contributed by atoms with van der Waals surface area (Å²) in [6.45, 7) is 0.0787. The number of hydrogen-bond acceptors (Lipinski definition) is 3. The third kappa shape index (κ3) is 1.70. The van der Waals surface area contributed by atoms with Gasteiger partial charge in [-0.3, -0.25) is 0 Å². The minimum absolute atomic E-state index is 0.0779. The molecule has 6 heteroatoms. The Kier molecular flexibility index (Phi) is 2.18. The molecule has 2 N–H and O–H groups in total. The van der Waals surface area contributed by atoms with Crippen molar-refractivity contribution in [1.82, 2.24) is 5.32 Å². The Labute approximate surface area is 83.5 Å². The first-order valence-electron chi connectivity index (χ1n) is 4.20. The Morgan fingerprint density at radius 1 is 1.47 bits per heavy atom. The van der Waals surface area contributed by atoms with Gasteiger partial charge in [0.15, 0.2) is 11.6 Å². The number of nitrogens with one attached hydrogen (secondary N) is 1. The first-order chi connectivity index (χ1) is 7.08. The molecule has 0 aliphatic carbocycles. The molecule has 0 spiro atoms. The minimum Gasteiger partial charge on any atom is -0.505 e. The lowest BCUT2D eigenvalue weighted by atomic mass is 10.1. The molecule has 2 rings (SSSR count). The second-order valence-electron chi connectivity index (χ2n) is 3.10. The van der Waals surface area contributed by atoms with Crippen LogP contribution in [-0.4, -0.2) is 17.7 Å². The van der Waals surface area contributed by atoms with Gasteiger partial charge >= 0.3 is 6.09 Å². The van der Waals surface area contributed by atoms with Crippen LogP contribution in [0.3, 0.4) is 0 Å². The van der Waals surface area contributed by atoms with Crippen LogP contribution in [0.1, 0.15) is 11.7 Å². The van der Waals surface area contributed by atoms with Gasteiger partial charge in [-0.1, -0.05) is 0 Å². The van der Waals surface area contributed by atoms with Gasteiger partial charge in [0, 0.05) is 11.6 Å². The van der Waals surface area contributed by atoms with Crippen LogP contribution in [-0.2, 0) is 4.74 Å². The molecule has 15 heavy (non-hydrogen) atoms. The highest BCUT2D eigenvalue weighted by Gasteiger charge is 2.28. The van der Waals surface area contributed by atoms with Gasteiger partial charge in [0.2, 0.25) is 0 Å². The Balaban J connectivity index is 2.39. The van der Waals surface area contributed by atoms with Crippen LogP contribution >= 0.6 is 0 Å². The second kappa shape index (κ2) is 3.38. The van der Waals surface area contributed by atoms with Gasteiger partial charge in [-0.2, -0.15) is 0 Å². The molecular weight excluding hydrogens is 208 g/mol. The molecule has 1 amide bonds. The third-order valence-corrected chi connectivity index (χ3v) is 2.09. The van der Waals surface area contributed by atoms with Crippen molar-refractivity contribution in [2.75, 3.05) is 6.54 Å². The average Bonchev–Trinajstić information content (AvgIpc) is 2.58. The SMILES string of the molecule is O=C1NCC(c2cc(F)cc(F)c2O)O1. The lowest BCUT2D eigenvalue weighted by Crippen LogP contribution is -2.12. The number of carbonyl (C=O) groups excluding carboxylic acids is 1. The smallest absolute Gasteiger partial charge is 0.407 e. The number of hydrogen-bond donors (Lipinski definition) is 2. The van der Waals surface area contributed by atoms with Gasteiger partial charge in [0.1, 0.15) is 11.9 Å². The van der Waals surface area contributed by atoms with E-state index in [1.807, 2.05) is 0 Å². The quantitative estimate of drug-likeness (QED) is 0.745. The van der Waals surface area contributed by atoms with Crippen LogP contribution in [0.2, 0.25) is 0 Å². The number of benzene rings is 1. The summed E-state index contributed by atoms with van der Waals surface area (Å²) in [6.07, 6.45) is -1.54. The molecule has 0 bridgehead atoms. The fourth-order valence-electron chi connectivity index (χ4n) is 1.39. The molecule has 1 aliphatic rings. The van der Waals surface area contributed by atoms with E-state index >= 15 is 0 Å². The van der Waals surface area contributed by atoms with Crippen molar-refractivity contribution in [1.29, 1.82) is 0 Å². The molecule has 1 heterocycles. The molecule has 1 atom stereocenters. The molecule has 1 aliphatic heterocycles. The van der Waals surface area contributed by atoms with Crippen molar-refractivity contribution in [3.63, 3.8) is 0 Å². The van der Waals surface area contributed by atoms with Crippen molar-refractivity contribution < 1.29 is 23.4 Å². The summed E-state index contributed by atoms with van der Waals surface area (Å²) in [6, 6.07) is 1.49. The largest absolute Gasteiger partial charge is 0.505 e. The molecule has 1 fully saturated rings. The predicted molar refractivity (Wildman–Crippen MR) is 45.2 cm³/mol. The molecule has 0 saturated carbocycles. The zero-order valence-corrected chi connectivity index (χ0v) is 7.46. The van der Waals surface area contributed by atoms with Crippen molar-refractivity contribution in [3.8, 4) is 5.75 Å². The minimum atomic E-state index is -1.08. The van der Waals surface area contributed by atoms with E-state index in [2.05, 4.69) is 5.32 Å². The highest BCUT2D eigenvalue weighted by atomic mass is 19.1. The number of aromatic hydroxyl groups is 1. The van der Waals surface area contributed by atoms with E-state index in [-0.39, 0.29) is 12.1 Å². The molecular formula is C9H7F2NO3. The lowest BCUT2D eigenvalue weighted by Gasteiger charge is -2.10. The van der Waals surface area contributed by atoms with Gasteiger partial charge in [-0.05, 0) is 6.07 Å². The van der Waals surface area contributed by atoms with Gasteiger partial charge in [-0.15, -0.1) is 0 Å². The average molecular weight is 215 g/mol. The predicted octanol–water partition coefficient (Wildman–Crippen LogP) is 1.45. The molecule has 0 aromatic heterocycles. The van der Waals surface area contributed by atoms with Gasteiger partial charge < -0.3 is 15.2 Å². The molecule has 1 aromatic rings. The molecule has 4 nitrogen and oxygen atoms in total. The normalized spacial score (nSPS) is 19.9. The fourth-order valence-corrected chi connectivity index (χ4v) is 1.39. The zero-order chi connectivity index (χ0) is 11.0. The van der Waals surface area contributed by atoms with Gasteiger partial charge in [-0.25, -0.2) is 13.6 Å². The van der Waals surface area contributed by atoms with E-state index in [4.69, 9.17) is 4.74 Å². The number of alkyl carbamates (subject to hydrolysis) is 1. The first-order valence-corrected chi connectivity index (χ1v) is 4.20. The second-order valence-corrected chi connectivity index (χ2v) is 3.10. The van der Waals surface area contributed by atoms with Crippen molar-refractivity contribution >= 4 is 6.09 Å². The number of amides is 1. The van der Waals surface area contributed by atoms with E-state index in [1.165, 1.54) is 0 Å². The Morgan fingerprint density at radius 3 is 2.80 bits per heavy atom. The maximum absolute atomic E-state index is 12.9. The van der Waals surface area contributed by atoms with Gasteiger partial charge in [0.05, 0.1) is 6.54 Å². The number of phenols is 1. The van der Waals surface area contributed by atoms with Crippen molar-refractivity contribution in [3.05, 3.63) is 29.3 Å². The molecule has 1 aromatic carbocycles. The first kappa shape index (κ1) is 9.70. The van der Waals surface area contributed by atoms with Crippen LogP contribution in [0.4, 0.5) is 13.6 Å². The highest BCUT2D eigenvalue weighted by molar-refractivity contribution is 5.70. The summed E-state index contributed by atoms with van der Waals surface area (Å²) in [5.74, 6) is -2.60. The summed E-state index contributed by atoms with van der Waals surface area (Å²) in [5.41, 5.74) is -0.0779. The Hall–Kier alpha value is -1.85. The number of ether oxygens (including phenoxy) is 1. The van der Waals surface area contributed by atoms with Crippen LogP contribution < -0.4 is 5.32 Å². The number of cyclic esters (lactones) is 1. The summed E-state index contributed by atoms with van der Waals surface area (Å²) < 4.78 is 30.5. The number of carbonyl (C=O) groups is 1. The van der Waals surface area contributed by atoms with E-state index in [0.29, 0.717) is 6.07 Å². The fraction of sp³-hybridized carbons (Fsp3) is 0.222. The summed E-state index contributed by atoms with van der Waals surface area (Å²) >= 11 is 0. The van der Waals surface area contributed by atoms with Crippen LogP contribution in [0.5, 0.6) is 5.75 Å². The monoisotopic (exact) mass is 215 g/mol. The van der Waals surface area contributed by atoms with Crippen LogP contribution in [0.15, 0.2) is 12.1 Å². The molecule has 1 unspecified atom stereocenters. The number of phenolic OH excluding ortho intramolecular Hbond substituents is 1. The lowest BCUT2D eigenvalue weighted by molar-refractivity contribution is 0.139. The highest BCUT2D eigenvalue weighted by Crippen LogP contribution is 2.31. The molecule has 0 radical (unpaired) electrons. The van der Waals surface area contributed by atoms with E-state index < -0.39 is 29.6 Å². The molecule has 1 saturated heterocycles. The number of rotatable bonds is 1. The maximum Gasteiger partial charge on any atom is 0.407 e. The zero-order valence-electron chi connectivity index (χ0n) is 7.46. The van der Waals surface area contributed by atoms with E-state index in [1.54, 1.807) is 0 Å². The maximum atomic E-state index is 12.9. The standard InChI is InChI=1S/C9H7F2NO3/c10-4-1-5(8(13)6(11)2-4)7-3-12-9(14)15-7/h1-2,7,13H,3H2,(H,12,14). The van der Waals surface area contributed by atoms with Gasteiger partial charge in [0.25, 0.3) is 0 Å². The van der Waals surface area contributed by atoms with Crippen LogP contribution in [0, 0.1) is 11.6 Å². The van der Waals surface area contributed by atoms with Crippen molar-refractivity contribution in [2.45, 2.75) is 6.10 Å². The number of halogens is 2. The van der Waals surface area contributed by atoms with E-state index in [0.717, 1.165) is 6.07 Å². The molecule has 80 valence electrons. The van der Waals surface area contributed by atoms with E-state index in [9.17, 15) is 18.7 Å². The summed E-state index contributed by atoms with van der Waals surface area (Å²) in [5, 5.41) is 11.6. The summed E-state index contributed by atoms with van der Waals surface area (Å²) in [4.78, 5) is 10.7. The third-order valence-electron chi connectivity index (χ3n) is 2.09. The topological polar surface area (TPSA) is 58.6 Å². The summed E-state index contributed by atoms with van der Waals surface area (Å²) in [7, 11) is 0. The van der Waals surface area contributed by atoms with Crippen LogP contribution in [0.25, 0.3) is 0 Å².